The van der Waals surface area contributed by atoms with E-state index in [0.717, 1.165) is 44.9 Å². The van der Waals surface area contributed by atoms with E-state index in [0.29, 0.717) is 6.04 Å². The van der Waals surface area contributed by atoms with Crippen LogP contribution in [0, 0.1) is 6.92 Å². The Kier molecular flexibility index (Phi) is 4.97. The molecular formula is C23H30N6. The highest BCUT2D eigenvalue weighted by Crippen LogP contribution is 2.33. The SMILES string of the molecule is Cc1cccnc1CN1CCCC1c1cn2c(N3CCN(C)CC3)cccc2n1. The van der Waals surface area contributed by atoms with Crippen LogP contribution in [0.5, 0.6) is 0 Å². The second-order valence-electron chi connectivity index (χ2n) is 8.46. The summed E-state index contributed by atoms with van der Waals surface area (Å²) < 4.78 is 2.29. The molecule has 2 saturated heterocycles. The van der Waals surface area contributed by atoms with Crippen molar-refractivity contribution in [2.24, 2.45) is 0 Å². The summed E-state index contributed by atoms with van der Waals surface area (Å²) in [7, 11) is 2.20. The van der Waals surface area contributed by atoms with Gasteiger partial charge in [-0.25, -0.2) is 4.98 Å². The Labute approximate surface area is 172 Å². The van der Waals surface area contributed by atoms with Gasteiger partial charge in [-0.3, -0.25) is 14.3 Å². The number of nitrogens with zero attached hydrogens (tertiary/aromatic N) is 6. The van der Waals surface area contributed by atoms with Gasteiger partial charge in [0.1, 0.15) is 11.5 Å². The van der Waals surface area contributed by atoms with Crippen molar-refractivity contribution < 1.29 is 0 Å². The predicted octanol–water partition coefficient (Wildman–Crippen LogP) is 3.13. The van der Waals surface area contributed by atoms with Crippen LogP contribution in [0.1, 0.15) is 35.8 Å². The maximum atomic E-state index is 5.04. The standard InChI is InChI=1S/C23H30N6/c1-18-6-4-10-24-19(18)16-28-11-5-7-21(28)20-17-29-22(25-20)8-3-9-23(29)27-14-12-26(2)13-15-27/h3-4,6,8-10,17,21H,5,7,11-16H2,1-2H3. The van der Waals surface area contributed by atoms with Crippen molar-refractivity contribution in [3.63, 3.8) is 0 Å². The summed E-state index contributed by atoms with van der Waals surface area (Å²) in [5.74, 6) is 1.26. The first-order valence-corrected chi connectivity index (χ1v) is 10.7. The van der Waals surface area contributed by atoms with E-state index in [-0.39, 0.29) is 0 Å². The van der Waals surface area contributed by atoms with Gasteiger partial charge in [-0.1, -0.05) is 12.1 Å². The van der Waals surface area contributed by atoms with E-state index in [1.165, 1.54) is 35.6 Å². The van der Waals surface area contributed by atoms with Crippen LogP contribution < -0.4 is 4.90 Å². The minimum atomic E-state index is 0.372. The Morgan fingerprint density at radius 3 is 2.72 bits per heavy atom. The number of likely N-dealkylation sites (tertiary alicyclic amines) is 1. The molecule has 1 atom stereocenters. The van der Waals surface area contributed by atoms with Gasteiger partial charge in [0.25, 0.3) is 0 Å². The molecule has 0 N–H and O–H groups in total. The van der Waals surface area contributed by atoms with E-state index in [1.807, 2.05) is 12.3 Å². The molecular weight excluding hydrogens is 360 g/mol. The van der Waals surface area contributed by atoms with Gasteiger partial charge in [-0.2, -0.15) is 0 Å². The van der Waals surface area contributed by atoms with Crippen LogP contribution in [0.15, 0.2) is 42.7 Å². The predicted molar refractivity (Wildman–Crippen MR) is 116 cm³/mol. The van der Waals surface area contributed by atoms with Crippen molar-refractivity contribution in [3.8, 4) is 0 Å². The first kappa shape index (κ1) is 18.6. The van der Waals surface area contributed by atoms with Crippen LogP contribution in [0.3, 0.4) is 0 Å². The number of rotatable bonds is 4. The van der Waals surface area contributed by atoms with Crippen LogP contribution in [-0.2, 0) is 6.54 Å². The second kappa shape index (κ2) is 7.76. The first-order chi connectivity index (χ1) is 14.2. The third-order valence-corrected chi connectivity index (χ3v) is 6.49. The molecule has 3 aromatic heterocycles. The van der Waals surface area contributed by atoms with E-state index in [2.05, 4.69) is 68.5 Å². The summed E-state index contributed by atoms with van der Waals surface area (Å²) in [6.45, 7) is 8.52. The Bertz CT molecular complexity index is 988. The number of hydrogen-bond donors (Lipinski definition) is 0. The molecule has 3 aromatic rings. The Morgan fingerprint density at radius 2 is 1.90 bits per heavy atom. The Morgan fingerprint density at radius 1 is 1.03 bits per heavy atom. The number of aryl methyl sites for hydroxylation is 1. The molecule has 5 rings (SSSR count). The summed E-state index contributed by atoms with van der Waals surface area (Å²) in [6.07, 6.45) is 6.56. The number of hydrogen-bond acceptors (Lipinski definition) is 5. The molecule has 0 spiro atoms. The highest BCUT2D eigenvalue weighted by atomic mass is 15.3. The summed E-state index contributed by atoms with van der Waals surface area (Å²) in [5.41, 5.74) is 4.70. The number of anilines is 1. The van der Waals surface area contributed by atoms with E-state index in [1.54, 1.807) is 0 Å². The van der Waals surface area contributed by atoms with Crippen molar-refractivity contribution in [1.82, 2.24) is 24.2 Å². The smallest absolute Gasteiger partial charge is 0.138 e. The third kappa shape index (κ3) is 3.63. The molecule has 0 aliphatic carbocycles. The lowest BCUT2D eigenvalue weighted by Gasteiger charge is -2.34. The van der Waals surface area contributed by atoms with Crippen LogP contribution in [-0.4, -0.2) is 63.9 Å². The number of likely N-dealkylation sites (N-methyl/N-ethyl adjacent to an activating group) is 1. The number of aromatic nitrogens is 3. The first-order valence-electron chi connectivity index (χ1n) is 10.7. The van der Waals surface area contributed by atoms with Crippen LogP contribution >= 0.6 is 0 Å². The summed E-state index contributed by atoms with van der Waals surface area (Å²) in [4.78, 5) is 17.1. The monoisotopic (exact) mass is 390 g/mol. The highest BCUT2D eigenvalue weighted by molar-refractivity contribution is 5.53. The van der Waals surface area contributed by atoms with Gasteiger partial charge in [0.15, 0.2) is 0 Å². The van der Waals surface area contributed by atoms with Gasteiger partial charge < -0.3 is 9.80 Å². The lowest BCUT2D eigenvalue weighted by molar-refractivity contribution is 0.241. The van der Waals surface area contributed by atoms with E-state index >= 15 is 0 Å². The lowest BCUT2D eigenvalue weighted by Crippen LogP contribution is -2.45. The van der Waals surface area contributed by atoms with Crippen molar-refractivity contribution >= 4 is 11.5 Å². The van der Waals surface area contributed by atoms with Gasteiger partial charge in [0.2, 0.25) is 0 Å². The summed E-state index contributed by atoms with van der Waals surface area (Å²) >= 11 is 0. The average Bonchev–Trinajstić information content (AvgIpc) is 3.36. The van der Waals surface area contributed by atoms with Crippen molar-refractivity contribution in [3.05, 3.63) is 59.7 Å². The molecule has 2 aliphatic rings. The summed E-state index contributed by atoms with van der Waals surface area (Å²) in [5, 5.41) is 0. The fourth-order valence-corrected chi connectivity index (χ4v) is 4.70. The minimum absolute atomic E-state index is 0.372. The zero-order chi connectivity index (χ0) is 19.8. The average molecular weight is 391 g/mol. The van der Waals surface area contributed by atoms with Gasteiger partial charge in [-0.15, -0.1) is 0 Å². The topological polar surface area (TPSA) is 39.9 Å². The zero-order valence-corrected chi connectivity index (χ0v) is 17.5. The molecule has 0 radical (unpaired) electrons. The van der Waals surface area contributed by atoms with Gasteiger partial charge >= 0.3 is 0 Å². The van der Waals surface area contributed by atoms with E-state index in [9.17, 15) is 0 Å². The maximum Gasteiger partial charge on any atom is 0.138 e. The van der Waals surface area contributed by atoms with Crippen LogP contribution in [0.25, 0.3) is 5.65 Å². The molecule has 2 aliphatic heterocycles. The normalized spacial score (nSPS) is 21.3. The maximum absolute atomic E-state index is 5.04. The quantitative estimate of drug-likeness (QED) is 0.685. The molecule has 0 aromatic carbocycles. The molecule has 0 bridgehead atoms. The van der Waals surface area contributed by atoms with Crippen LogP contribution in [0.2, 0.25) is 0 Å². The van der Waals surface area contributed by atoms with Gasteiger partial charge in [-0.05, 0) is 57.1 Å². The lowest BCUT2D eigenvalue weighted by atomic mass is 10.1. The largest absolute Gasteiger partial charge is 0.355 e. The molecule has 29 heavy (non-hydrogen) atoms. The zero-order valence-electron chi connectivity index (χ0n) is 17.5. The fourth-order valence-electron chi connectivity index (χ4n) is 4.70. The number of imidazole rings is 1. The molecule has 152 valence electrons. The highest BCUT2D eigenvalue weighted by Gasteiger charge is 2.29. The van der Waals surface area contributed by atoms with Crippen LogP contribution in [0.4, 0.5) is 5.82 Å². The molecule has 0 saturated carbocycles. The van der Waals surface area contributed by atoms with E-state index in [4.69, 9.17) is 4.98 Å². The van der Waals surface area contributed by atoms with Crippen molar-refractivity contribution in [1.29, 1.82) is 0 Å². The molecule has 5 heterocycles. The number of fused-ring (bicyclic) bond motifs is 1. The Hall–Kier alpha value is -2.44. The molecule has 0 amide bonds. The summed E-state index contributed by atoms with van der Waals surface area (Å²) in [6, 6.07) is 11.0. The van der Waals surface area contributed by atoms with Crippen molar-refractivity contribution in [2.45, 2.75) is 32.4 Å². The number of pyridine rings is 2. The third-order valence-electron chi connectivity index (χ3n) is 6.49. The van der Waals surface area contributed by atoms with Crippen molar-refractivity contribution in [2.75, 3.05) is 44.7 Å². The molecule has 6 heteroatoms. The second-order valence-corrected chi connectivity index (χ2v) is 8.46. The molecule has 1 unspecified atom stereocenters. The molecule has 2 fully saturated rings. The molecule has 6 nitrogen and oxygen atoms in total. The fraction of sp³-hybridized carbons (Fsp3) is 0.478. The number of piperazine rings is 1. The Balaban J connectivity index is 1.42. The van der Waals surface area contributed by atoms with Gasteiger partial charge in [0.05, 0.1) is 17.4 Å². The van der Waals surface area contributed by atoms with E-state index < -0.39 is 0 Å². The minimum Gasteiger partial charge on any atom is -0.355 e. The van der Waals surface area contributed by atoms with Gasteiger partial charge in [0, 0.05) is 45.1 Å².